The lowest BCUT2D eigenvalue weighted by molar-refractivity contribution is 0.622. The van der Waals surface area contributed by atoms with Crippen molar-refractivity contribution in [3.63, 3.8) is 0 Å². The molecule has 0 aliphatic rings. The van der Waals surface area contributed by atoms with Crippen molar-refractivity contribution < 1.29 is 0 Å². The highest BCUT2D eigenvalue weighted by Gasteiger charge is 2.21. The molecule has 2 rings (SSSR count). The average molecular weight is 327 g/mol. The van der Waals surface area contributed by atoms with Gasteiger partial charge in [-0.1, -0.05) is 6.92 Å². The fraction of sp³-hybridized carbons (Fsp3) is 0.667. The molecule has 2 unspecified atom stereocenters. The zero-order valence-corrected chi connectivity index (χ0v) is 15.0. The van der Waals surface area contributed by atoms with Crippen LogP contribution in [-0.4, -0.2) is 40.5 Å². The van der Waals surface area contributed by atoms with Gasteiger partial charge in [0, 0.05) is 37.1 Å². The molecule has 0 spiro atoms. The van der Waals surface area contributed by atoms with E-state index in [1.54, 1.807) is 11.3 Å². The Balaban J connectivity index is 2.28. The maximum Gasteiger partial charge on any atom is 0.195 e. The first-order valence-corrected chi connectivity index (χ1v) is 9.77. The molecule has 0 aliphatic carbocycles. The first kappa shape index (κ1) is 16.6. The summed E-state index contributed by atoms with van der Waals surface area (Å²) in [6.45, 7) is 4.41. The normalized spacial score (nSPS) is 14.5. The molecule has 118 valence electrons. The number of anilines is 1. The van der Waals surface area contributed by atoms with Gasteiger partial charge in [-0.25, -0.2) is 4.98 Å². The third-order valence-corrected chi connectivity index (χ3v) is 5.46. The SMILES string of the molecule is CCC(N)Cc1c(N(C)C(C)CCSC)nc2sccn12. The van der Waals surface area contributed by atoms with Crippen molar-refractivity contribution in [1.82, 2.24) is 9.38 Å². The first-order chi connectivity index (χ1) is 10.1. The van der Waals surface area contributed by atoms with Gasteiger partial charge in [-0.3, -0.25) is 4.40 Å². The zero-order chi connectivity index (χ0) is 15.4. The molecule has 0 aromatic carbocycles. The van der Waals surface area contributed by atoms with Gasteiger partial charge in [-0.15, -0.1) is 11.3 Å². The van der Waals surface area contributed by atoms with Crippen LogP contribution < -0.4 is 10.6 Å². The monoisotopic (exact) mass is 326 g/mol. The number of imidazole rings is 1. The molecule has 0 aliphatic heterocycles. The highest BCUT2D eigenvalue weighted by Crippen LogP contribution is 2.27. The maximum absolute atomic E-state index is 6.19. The molecule has 2 N–H and O–H groups in total. The second kappa shape index (κ2) is 7.51. The molecule has 21 heavy (non-hydrogen) atoms. The summed E-state index contributed by atoms with van der Waals surface area (Å²) in [5, 5.41) is 2.09. The molecule has 0 radical (unpaired) electrons. The van der Waals surface area contributed by atoms with Gasteiger partial charge in [-0.05, 0) is 31.8 Å². The molecule has 6 heteroatoms. The molecule has 2 aromatic heterocycles. The van der Waals surface area contributed by atoms with Gasteiger partial charge in [0.25, 0.3) is 0 Å². The highest BCUT2D eigenvalue weighted by atomic mass is 32.2. The van der Waals surface area contributed by atoms with E-state index in [1.165, 1.54) is 17.9 Å². The number of nitrogens with two attached hydrogens (primary N) is 1. The van der Waals surface area contributed by atoms with Crippen molar-refractivity contribution in [3.8, 4) is 0 Å². The Labute approximate surface area is 135 Å². The first-order valence-electron chi connectivity index (χ1n) is 7.50. The molecule has 0 amide bonds. The Morgan fingerprint density at radius 2 is 2.29 bits per heavy atom. The van der Waals surface area contributed by atoms with Crippen LogP contribution in [-0.2, 0) is 6.42 Å². The van der Waals surface area contributed by atoms with Gasteiger partial charge in [-0.2, -0.15) is 11.8 Å². The largest absolute Gasteiger partial charge is 0.355 e. The quantitative estimate of drug-likeness (QED) is 0.809. The summed E-state index contributed by atoms with van der Waals surface area (Å²) in [4.78, 5) is 8.21. The number of hydrogen-bond acceptors (Lipinski definition) is 5. The van der Waals surface area contributed by atoms with E-state index in [2.05, 4.69) is 48.0 Å². The van der Waals surface area contributed by atoms with Gasteiger partial charge in [0.1, 0.15) is 0 Å². The van der Waals surface area contributed by atoms with Crippen molar-refractivity contribution in [2.45, 2.75) is 45.2 Å². The fourth-order valence-corrected chi connectivity index (χ4v) is 3.68. The Kier molecular flexibility index (Phi) is 5.96. The number of thiazole rings is 1. The highest BCUT2D eigenvalue weighted by molar-refractivity contribution is 7.98. The molecule has 2 aromatic rings. The minimum Gasteiger partial charge on any atom is -0.355 e. The summed E-state index contributed by atoms with van der Waals surface area (Å²) < 4.78 is 2.20. The third-order valence-electron chi connectivity index (χ3n) is 4.05. The average Bonchev–Trinajstić information content (AvgIpc) is 3.06. The van der Waals surface area contributed by atoms with Crippen LogP contribution in [0.5, 0.6) is 0 Å². The number of fused-ring (bicyclic) bond motifs is 1. The number of rotatable bonds is 8. The van der Waals surface area contributed by atoms with Gasteiger partial charge < -0.3 is 10.6 Å². The molecular formula is C15H26N4S2. The Morgan fingerprint density at radius 3 is 2.95 bits per heavy atom. The lowest BCUT2D eigenvalue weighted by Gasteiger charge is -2.26. The summed E-state index contributed by atoms with van der Waals surface area (Å²) in [7, 11) is 2.15. The number of thioether (sulfide) groups is 1. The topological polar surface area (TPSA) is 46.6 Å². The van der Waals surface area contributed by atoms with Gasteiger partial charge in [0.2, 0.25) is 0 Å². The van der Waals surface area contributed by atoms with E-state index in [9.17, 15) is 0 Å². The molecule has 2 atom stereocenters. The van der Waals surface area contributed by atoms with E-state index in [0.29, 0.717) is 6.04 Å². The minimum atomic E-state index is 0.193. The standard InChI is InChI=1S/C15H26N4S2/c1-5-12(16)10-13-14(17-15-19(13)7-9-21-15)18(3)11(2)6-8-20-4/h7,9,11-12H,5-6,8,10,16H2,1-4H3. The van der Waals surface area contributed by atoms with Crippen molar-refractivity contribution >= 4 is 33.9 Å². The predicted molar refractivity (Wildman–Crippen MR) is 95.9 cm³/mol. The van der Waals surface area contributed by atoms with E-state index in [0.717, 1.165) is 23.6 Å². The van der Waals surface area contributed by atoms with E-state index >= 15 is 0 Å². The summed E-state index contributed by atoms with van der Waals surface area (Å²) in [5.74, 6) is 2.27. The van der Waals surface area contributed by atoms with Crippen LogP contribution in [0.25, 0.3) is 4.96 Å². The third kappa shape index (κ3) is 3.73. The van der Waals surface area contributed by atoms with Gasteiger partial charge in [0.15, 0.2) is 10.8 Å². The zero-order valence-electron chi connectivity index (χ0n) is 13.4. The summed E-state index contributed by atoms with van der Waals surface area (Å²) in [6.07, 6.45) is 7.30. The fourth-order valence-electron chi connectivity index (χ4n) is 2.38. The van der Waals surface area contributed by atoms with Crippen LogP contribution in [0, 0.1) is 0 Å². The van der Waals surface area contributed by atoms with Gasteiger partial charge in [0.05, 0.1) is 5.69 Å². The maximum atomic E-state index is 6.19. The van der Waals surface area contributed by atoms with Crippen LogP contribution in [0.1, 0.15) is 32.4 Å². The minimum absolute atomic E-state index is 0.193. The summed E-state index contributed by atoms with van der Waals surface area (Å²) >= 11 is 3.58. The lowest BCUT2D eigenvalue weighted by atomic mass is 10.1. The van der Waals surface area contributed by atoms with Gasteiger partial charge >= 0.3 is 0 Å². The van der Waals surface area contributed by atoms with Crippen molar-refractivity contribution in [2.24, 2.45) is 5.73 Å². The van der Waals surface area contributed by atoms with Crippen molar-refractivity contribution in [2.75, 3.05) is 24.0 Å². The second-order valence-electron chi connectivity index (χ2n) is 5.55. The van der Waals surface area contributed by atoms with Crippen molar-refractivity contribution in [3.05, 3.63) is 17.3 Å². The van der Waals surface area contributed by atoms with E-state index < -0.39 is 0 Å². The number of nitrogens with zero attached hydrogens (tertiary/aromatic N) is 3. The summed E-state index contributed by atoms with van der Waals surface area (Å²) in [6, 6.07) is 0.678. The smallest absolute Gasteiger partial charge is 0.195 e. The number of hydrogen-bond donors (Lipinski definition) is 1. The Morgan fingerprint density at radius 1 is 1.52 bits per heavy atom. The van der Waals surface area contributed by atoms with Crippen LogP contribution in [0.15, 0.2) is 11.6 Å². The molecule has 0 saturated heterocycles. The molecular weight excluding hydrogens is 300 g/mol. The Bertz CT molecular complexity index is 563. The van der Waals surface area contributed by atoms with Crippen molar-refractivity contribution in [1.29, 1.82) is 0 Å². The van der Waals surface area contributed by atoms with Crippen LogP contribution in [0.4, 0.5) is 5.82 Å². The molecule has 4 nitrogen and oxygen atoms in total. The second-order valence-corrected chi connectivity index (χ2v) is 7.41. The molecule has 0 fully saturated rings. The van der Waals surface area contributed by atoms with Crippen LogP contribution >= 0.6 is 23.1 Å². The molecule has 2 heterocycles. The predicted octanol–water partition coefficient (Wildman–Crippen LogP) is 3.25. The molecule has 0 bridgehead atoms. The van der Waals surface area contributed by atoms with E-state index in [4.69, 9.17) is 10.7 Å². The summed E-state index contributed by atoms with van der Waals surface area (Å²) in [5.41, 5.74) is 7.44. The lowest BCUT2D eigenvalue weighted by Crippen LogP contribution is -2.31. The molecule has 0 saturated carbocycles. The Hall–Kier alpha value is -0.720. The van der Waals surface area contributed by atoms with E-state index in [1.807, 2.05) is 11.8 Å². The van der Waals surface area contributed by atoms with Crippen LogP contribution in [0.2, 0.25) is 0 Å². The number of aromatic nitrogens is 2. The van der Waals surface area contributed by atoms with Crippen LogP contribution in [0.3, 0.4) is 0 Å². The van der Waals surface area contributed by atoms with E-state index in [-0.39, 0.29) is 6.04 Å².